The molecule has 0 fully saturated rings. The average Bonchev–Trinajstić information content (AvgIpc) is 3.08. The Morgan fingerprint density at radius 3 is 2.29 bits per heavy atom. The number of aliphatic hydroxyl groups excluding tert-OH is 2. The number of ether oxygens (including phenoxy) is 1. The standard InChI is InChI=1S/C34H46N2O5S/c1-4-6-18-34(19-7-5-2)32(39)29(30-28(42-33(34)40)16-15-26(35-3)31(30)38)24-11-13-25(14-12-24)41-21-9-8-10-23-17-20-36-22-27(23)37/h11-17,20,22,29,32-33,35,37-40H,4-10,18-19,21H2,1-3H3/t29-,32-,33+/m1/s1. The molecule has 0 spiro atoms. The van der Waals surface area contributed by atoms with Crippen LogP contribution in [0.1, 0.15) is 87.8 Å². The number of aromatic hydroxyl groups is 2. The molecule has 0 saturated heterocycles. The number of nitrogens with zero attached hydrogens (tertiary/aromatic N) is 1. The number of thioether (sulfide) groups is 1. The van der Waals surface area contributed by atoms with Crippen molar-refractivity contribution < 1.29 is 25.2 Å². The van der Waals surface area contributed by atoms with Gasteiger partial charge in [0.2, 0.25) is 0 Å². The van der Waals surface area contributed by atoms with Crippen LogP contribution in [0.25, 0.3) is 0 Å². The first-order valence-corrected chi connectivity index (χ1v) is 16.1. The van der Waals surface area contributed by atoms with Crippen molar-refractivity contribution in [2.45, 2.75) is 94.0 Å². The van der Waals surface area contributed by atoms with Crippen LogP contribution < -0.4 is 10.1 Å². The number of rotatable bonds is 14. The van der Waals surface area contributed by atoms with Crippen LogP contribution in [0.2, 0.25) is 0 Å². The number of anilines is 1. The van der Waals surface area contributed by atoms with Crippen molar-refractivity contribution in [1.82, 2.24) is 4.98 Å². The zero-order chi connectivity index (χ0) is 30.1. The van der Waals surface area contributed by atoms with Gasteiger partial charge < -0.3 is 30.5 Å². The number of phenols is 1. The Kier molecular flexibility index (Phi) is 11.4. The smallest absolute Gasteiger partial charge is 0.143 e. The van der Waals surface area contributed by atoms with E-state index >= 15 is 0 Å². The first kappa shape index (κ1) is 32.0. The normalized spacial score (nSPS) is 19.6. The lowest BCUT2D eigenvalue weighted by Gasteiger charge is -2.43. The second-order valence-corrected chi connectivity index (χ2v) is 12.5. The van der Waals surface area contributed by atoms with Gasteiger partial charge in [0, 0.05) is 35.0 Å². The van der Waals surface area contributed by atoms with E-state index in [-0.39, 0.29) is 11.5 Å². The van der Waals surface area contributed by atoms with Crippen LogP contribution in [0.4, 0.5) is 5.69 Å². The minimum absolute atomic E-state index is 0.112. The van der Waals surface area contributed by atoms with Crippen LogP contribution in [0.3, 0.4) is 0 Å². The van der Waals surface area contributed by atoms with Crippen molar-refractivity contribution in [1.29, 1.82) is 0 Å². The minimum Gasteiger partial charge on any atom is -0.506 e. The van der Waals surface area contributed by atoms with Gasteiger partial charge in [-0.25, -0.2) is 0 Å². The molecule has 7 nitrogen and oxygen atoms in total. The van der Waals surface area contributed by atoms with Crippen molar-refractivity contribution in [2.24, 2.45) is 5.41 Å². The Morgan fingerprint density at radius 1 is 0.929 bits per heavy atom. The lowest BCUT2D eigenvalue weighted by atomic mass is 9.67. The van der Waals surface area contributed by atoms with Crippen molar-refractivity contribution in [3.63, 3.8) is 0 Å². The van der Waals surface area contributed by atoms with Crippen molar-refractivity contribution in [3.8, 4) is 17.2 Å². The number of hydrogen-bond acceptors (Lipinski definition) is 8. The van der Waals surface area contributed by atoms with E-state index in [4.69, 9.17) is 4.74 Å². The van der Waals surface area contributed by atoms with Crippen LogP contribution in [-0.4, -0.2) is 50.6 Å². The third-order valence-corrected chi connectivity index (χ3v) is 9.92. The van der Waals surface area contributed by atoms with Crippen LogP contribution >= 0.6 is 11.8 Å². The van der Waals surface area contributed by atoms with E-state index in [2.05, 4.69) is 24.1 Å². The van der Waals surface area contributed by atoms with Gasteiger partial charge in [-0.05, 0) is 73.6 Å². The number of aromatic nitrogens is 1. The molecule has 42 heavy (non-hydrogen) atoms. The molecule has 5 N–H and O–H groups in total. The molecular formula is C34H46N2O5S. The van der Waals surface area contributed by atoms with Crippen LogP contribution in [-0.2, 0) is 6.42 Å². The number of fused-ring (bicyclic) bond motifs is 1. The molecule has 2 aromatic carbocycles. The van der Waals surface area contributed by atoms with Gasteiger partial charge in [0.1, 0.15) is 22.7 Å². The summed E-state index contributed by atoms with van der Waals surface area (Å²) in [6.45, 7) is 4.82. The van der Waals surface area contributed by atoms with Crippen LogP contribution in [0.15, 0.2) is 59.8 Å². The van der Waals surface area contributed by atoms with Gasteiger partial charge in [-0.3, -0.25) is 4.98 Å². The summed E-state index contributed by atoms with van der Waals surface area (Å²) in [6.07, 6.45) is 9.91. The zero-order valence-electron chi connectivity index (χ0n) is 25.1. The van der Waals surface area contributed by atoms with E-state index in [0.29, 0.717) is 30.7 Å². The minimum atomic E-state index is -0.895. The third-order valence-electron chi connectivity index (χ3n) is 8.62. The number of phenolic OH excluding ortho intramolecular Hbond substituents is 1. The maximum Gasteiger partial charge on any atom is 0.143 e. The fraction of sp³-hybridized carbons (Fsp3) is 0.500. The summed E-state index contributed by atoms with van der Waals surface area (Å²) >= 11 is 1.36. The molecule has 1 aliphatic heterocycles. The van der Waals surface area contributed by atoms with Crippen molar-refractivity contribution in [3.05, 3.63) is 71.5 Å². The molecule has 0 aliphatic carbocycles. The molecule has 0 amide bonds. The third kappa shape index (κ3) is 6.99. The highest BCUT2D eigenvalue weighted by atomic mass is 32.2. The average molecular weight is 595 g/mol. The molecule has 4 rings (SSSR count). The number of nitrogens with one attached hydrogen (secondary N) is 1. The number of aliphatic hydroxyl groups is 2. The first-order valence-electron chi connectivity index (χ1n) is 15.3. The van der Waals surface area contributed by atoms with E-state index in [1.165, 1.54) is 18.0 Å². The highest BCUT2D eigenvalue weighted by Gasteiger charge is 2.51. The lowest BCUT2D eigenvalue weighted by Crippen LogP contribution is -2.46. The Labute approximate surface area is 254 Å². The maximum atomic E-state index is 12.3. The van der Waals surface area contributed by atoms with Gasteiger partial charge in [0.05, 0.1) is 24.6 Å². The van der Waals surface area contributed by atoms with Crippen molar-refractivity contribution in [2.75, 3.05) is 19.0 Å². The highest BCUT2D eigenvalue weighted by molar-refractivity contribution is 7.99. The largest absolute Gasteiger partial charge is 0.506 e. The van der Waals surface area contributed by atoms with E-state index in [1.54, 1.807) is 13.2 Å². The predicted octanol–water partition coefficient (Wildman–Crippen LogP) is 7.22. The highest BCUT2D eigenvalue weighted by Crippen LogP contribution is 2.57. The SMILES string of the molecule is CCCCC1(CCCC)[C@H](O)[C@H](c2ccc(OCCCCc3ccncc3O)cc2)c2c(ccc(NC)c2O)S[C@@H]1O. The molecule has 2 heterocycles. The molecule has 1 aromatic heterocycles. The molecule has 3 atom stereocenters. The summed E-state index contributed by atoms with van der Waals surface area (Å²) in [6, 6.07) is 13.4. The number of benzene rings is 2. The summed E-state index contributed by atoms with van der Waals surface area (Å²) in [5.41, 5.74) is 1.49. The second-order valence-electron chi connectivity index (χ2n) is 11.3. The van der Waals surface area contributed by atoms with Crippen molar-refractivity contribution >= 4 is 17.4 Å². The fourth-order valence-corrected chi connectivity index (χ4v) is 7.45. The molecule has 3 aromatic rings. The number of unbranched alkanes of at least 4 members (excludes halogenated alkanes) is 3. The monoisotopic (exact) mass is 594 g/mol. The van der Waals surface area contributed by atoms with Gasteiger partial charge in [-0.2, -0.15) is 0 Å². The second kappa shape index (κ2) is 15.0. The summed E-state index contributed by atoms with van der Waals surface area (Å²) in [7, 11) is 1.77. The number of pyridine rings is 1. The summed E-state index contributed by atoms with van der Waals surface area (Å²) < 4.78 is 6.02. The van der Waals surface area contributed by atoms with Gasteiger partial charge in [-0.15, -0.1) is 0 Å². The van der Waals surface area contributed by atoms with Crippen LogP contribution in [0, 0.1) is 5.41 Å². The summed E-state index contributed by atoms with van der Waals surface area (Å²) in [5, 5.41) is 48.4. The number of hydrogen-bond donors (Lipinski definition) is 5. The Hall–Kier alpha value is -2.94. The maximum absolute atomic E-state index is 12.3. The molecule has 0 saturated carbocycles. The first-order chi connectivity index (χ1) is 20.4. The molecule has 8 heteroatoms. The molecular weight excluding hydrogens is 548 g/mol. The van der Waals surface area contributed by atoms with Gasteiger partial charge >= 0.3 is 0 Å². The van der Waals surface area contributed by atoms with Gasteiger partial charge in [0.25, 0.3) is 0 Å². The van der Waals surface area contributed by atoms with E-state index < -0.39 is 22.9 Å². The predicted molar refractivity (Wildman–Crippen MR) is 170 cm³/mol. The Morgan fingerprint density at radius 2 is 1.64 bits per heavy atom. The lowest BCUT2D eigenvalue weighted by molar-refractivity contribution is -0.0538. The summed E-state index contributed by atoms with van der Waals surface area (Å²) in [5.74, 6) is 0.554. The summed E-state index contributed by atoms with van der Waals surface area (Å²) in [4.78, 5) is 4.71. The zero-order valence-corrected chi connectivity index (χ0v) is 25.9. The Bertz CT molecular complexity index is 1280. The van der Waals surface area contributed by atoms with Crippen LogP contribution in [0.5, 0.6) is 17.2 Å². The van der Waals surface area contributed by atoms with Gasteiger partial charge in [-0.1, -0.05) is 63.4 Å². The molecule has 228 valence electrons. The quantitative estimate of drug-likeness (QED) is 0.0982. The fourth-order valence-electron chi connectivity index (χ4n) is 6.10. The molecule has 0 radical (unpaired) electrons. The van der Waals surface area contributed by atoms with E-state index in [0.717, 1.165) is 66.7 Å². The Balaban J connectivity index is 1.59. The van der Waals surface area contributed by atoms with E-state index in [1.807, 2.05) is 42.5 Å². The topological polar surface area (TPSA) is 115 Å². The molecule has 0 bridgehead atoms. The van der Waals surface area contributed by atoms with E-state index in [9.17, 15) is 20.4 Å². The molecule has 1 aliphatic rings. The molecule has 0 unspecified atom stereocenters. The number of aryl methyl sites for hydroxylation is 1. The van der Waals surface area contributed by atoms with Gasteiger partial charge in [0.15, 0.2) is 0 Å².